The summed E-state index contributed by atoms with van der Waals surface area (Å²) in [4.78, 5) is -0.228. The number of sulfone groups is 1. The Morgan fingerprint density at radius 1 is 0.964 bits per heavy atom. The lowest BCUT2D eigenvalue weighted by Gasteiger charge is -2.28. The molecule has 0 fully saturated rings. The maximum absolute atomic E-state index is 13.0. The number of benzene rings is 2. The summed E-state index contributed by atoms with van der Waals surface area (Å²) in [6, 6.07) is 9.13. The minimum absolute atomic E-state index is 0.0757. The van der Waals surface area contributed by atoms with Crippen LogP contribution in [0.1, 0.15) is 19.4 Å². The van der Waals surface area contributed by atoms with E-state index in [4.69, 9.17) is 9.47 Å². The van der Waals surface area contributed by atoms with Gasteiger partial charge >= 0.3 is 0 Å². The maximum atomic E-state index is 13.0. The van der Waals surface area contributed by atoms with Crippen LogP contribution >= 0.6 is 15.9 Å². The van der Waals surface area contributed by atoms with Gasteiger partial charge in [-0.05, 0) is 65.7 Å². The standard InChI is InChI=1S/C18H20BrNO6S2/c1-18(2,12-4-7-15-16(10-12)26-9-8-25-15)20-28(23,24)17-11-13(27(3,21)22)5-6-14(17)19/h4-7,10-11,20H,8-9H2,1-3H3. The third-order valence-electron chi connectivity index (χ3n) is 4.27. The van der Waals surface area contributed by atoms with E-state index in [0.717, 1.165) is 12.3 Å². The van der Waals surface area contributed by atoms with E-state index in [1.165, 1.54) is 12.1 Å². The molecule has 0 bridgehead atoms. The number of hydrogen-bond donors (Lipinski definition) is 1. The molecule has 3 rings (SSSR count). The van der Waals surface area contributed by atoms with Crippen molar-refractivity contribution >= 4 is 35.8 Å². The quantitative estimate of drug-likeness (QED) is 0.692. The van der Waals surface area contributed by atoms with Crippen LogP contribution in [0.15, 0.2) is 50.7 Å². The van der Waals surface area contributed by atoms with E-state index < -0.39 is 25.4 Å². The Hall–Kier alpha value is -1.62. The highest BCUT2D eigenvalue weighted by molar-refractivity contribution is 9.10. The summed E-state index contributed by atoms with van der Waals surface area (Å²) >= 11 is 3.20. The molecule has 0 aromatic heterocycles. The molecule has 0 atom stereocenters. The molecule has 152 valence electrons. The molecule has 0 aliphatic carbocycles. The molecule has 0 saturated carbocycles. The van der Waals surface area contributed by atoms with E-state index in [0.29, 0.717) is 30.3 Å². The molecule has 0 unspecified atom stereocenters. The van der Waals surface area contributed by atoms with Crippen LogP contribution in [0.2, 0.25) is 0 Å². The zero-order valence-corrected chi connectivity index (χ0v) is 18.7. The Balaban J connectivity index is 1.98. The molecule has 10 heteroatoms. The van der Waals surface area contributed by atoms with Crippen LogP contribution in [0.5, 0.6) is 11.5 Å². The fraction of sp³-hybridized carbons (Fsp3) is 0.333. The minimum Gasteiger partial charge on any atom is -0.486 e. The lowest BCUT2D eigenvalue weighted by Crippen LogP contribution is -2.41. The molecule has 0 amide bonds. The van der Waals surface area contributed by atoms with Gasteiger partial charge in [0.1, 0.15) is 13.2 Å². The van der Waals surface area contributed by atoms with Crippen LogP contribution < -0.4 is 14.2 Å². The zero-order valence-electron chi connectivity index (χ0n) is 15.5. The van der Waals surface area contributed by atoms with Crippen molar-refractivity contribution in [3.05, 3.63) is 46.4 Å². The van der Waals surface area contributed by atoms with Crippen LogP contribution in [0.3, 0.4) is 0 Å². The molecule has 0 radical (unpaired) electrons. The number of ether oxygens (including phenoxy) is 2. The first-order chi connectivity index (χ1) is 12.9. The summed E-state index contributed by atoms with van der Waals surface area (Å²) < 4.78 is 63.6. The first-order valence-electron chi connectivity index (χ1n) is 8.34. The van der Waals surface area contributed by atoms with E-state index >= 15 is 0 Å². The molecular weight excluding hydrogens is 470 g/mol. The highest BCUT2D eigenvalue weighted by Gasteiger charge is 2.31. The Bertz CT molecular complexity index is 1130. The number of fused-ring (bicyclic) bond motifs is 1. The number of hydrogen-bond acceptors (Lipinski definition) is 6. The average molecular weight is 490 g/mol. The Kier molecular flexibility index (Phi) is 5.52. The third-order valence-corrected chi connectivity index (χ3v) is 8.03. The fourth-order valence-corrected chi connectivity index (χ4v) is 5.92. The molecule has 7 nitrogen and oxygen atoms in total. The van der Waals surface area contributed by atoms with E-state index in [-0.39, 0.29) is 14.3 Å². The lowest BCUT2D eigenvalue weighted by molar-refractivity contribution is 0.171. The zero-order chi connectivity index (χ0) is 20.7. The number of sulfonamides is 1. The Labute approximate surface area is 173 Å². The molecule has 0 spiro atoms. The van der Waals surface area contributed by atoms with Gasteiger partial charge < -0.3 is 9.47 Å². The fourth-order valence-electron chi connectivity index (χ4n) is 2.80. The predicted octanol–water partition coefficient (Wildman–Crippen LogP) is 2.84. The summed E-state index contributed by atoms with van der Waals surface area (Å²) in [6.07, 6.45) is 1.03. The van der Waals surface area contributed by atoms with Crippen molar-refractivity contribution in [1.29, 1.82) is 0 Å². The molecule has 1 N–H and O–H groups in total. The molecule has 28 heavy (non-hydrogen) atoms. The lowest BCUT2D eigenvalue weighted by atomic mass is 9.95. The van der Waals surface area contributed by atoms with Gasteiger partial charge in [-0.3, -0.25) is 0 Å². The van der Waals surface area contributed by atoms with Crippen LogP contribution in [0.25, 0.3) is 0 Å². The van der Waals surface area contributed by atoms with Crippen molar-refractivity contribution in [3.63, 3.8) is 0 Å². The van der Waals surface area contributed by atoms with Crippen molar-refractivity contribution in [2.75, 3.05) is 19.5 Å². The van der Waals surface area contributed by atoms with Gasteiger partial charge in [-0.15, -0.1) is 0 Å². The van der Waals surface area contributed by atoms with Gasteiger partial charge in [-0.1, -0.05) is 6.07 Å². The van der Waals surface area contributed by atoms with Gasteiger partial charge in [0.2, 0.25) is 10.0 Å². The third kappa shape index (κ3) is 4.35. The summed E-state index contributed by atoms with van der Waals surface area (Å²) in [5.74, 6) is 1.16. The van der Waals surface area contributed by atoms with Crippen molar-refractivity contribution in [3.8, 4) is 11.5 Å². The van der Waals surface area contributed by atoms with Gasteiger partial charge in [-0.25, -0.2) is 21.6 Å². The summed E-state index contributed by atoms with van der Waals surface area (Å²) in [7, 11) is -7.59. The highest BCUT2D eigenvalue weighted by atomic mass is 79.9. The van der Waals surface area contributed by atoms with Crippen LogP contribution in [-0.2, 0) is 25.4 Å². The molecule has 2 aromatic rings. The molecule has 2 aromatic carbocycles. The maximum Gasteiger partial charge on any atom is 0.242 e. The first-order valence-corrected chi connectivity index (χ1v) is 12.5. The Morgan fingerprint density at radius 3 is 2.25 bits per heavy atom. The summed E-state index contributed by atoms with van der Waals surface area (Å²) in [6.45, 7) is 4.31. The summed E-state index contributed by atoms with van der Waals surface area (Å²) in [5.41, 5.74) is -0.314. The van der Waals surface area contributed by atoms with Crippen LogP contribution in [0.4, 0.5) is 0 Å². The molecule has 0 saturated heterocycles. The highest BCUT2D eigenvalue weighted by Crippen LogP contribution is 2.35. The second-order valence-electron chi connectivity index (χ2n) is 6.95. The average Bonchev–Trinajstić information content (AvgIpc) is 2.59. The van der Waals surface area contributed by atoms with E-state index in [2.05, 4.69) is 20.7 Å². The molecule has 1 aliphatic rings. The molecular formula is C18H20BrNO6S2. The number of halogens is 1. The van der Waals surface area contributed by atoms with Crippen molar-refractivity contribution in [1.82, 2.24) is 4.72 Å². The normalized spacial score (nSPS) is 14.7. The van der Waals surface area contributed by atoms with Crippen molar-refractivity contribution in [2.45, 2.75) is 29.2 Å². The van der Waals surface area contributed by atoms with Crippen LogP contribution in [0, 0.1) is 0 Å². The minimum atomic E-state index is -4.03. The Morgan fingerprint density at radius 2 is 1.61 bits per heavy atom. The second-order valence-corrected chi connectivity index (χ2v) is 11.5. The molecule has 1 heterocycles. The van der Waals surface area contributed by atoms with Gasteiger partial charge in [0.15, 0.2) is 21.3 Å². The number of nitrogens with one attached hydrogen (secondary N) is 1. The molecule has 1 aliphatic heterocycles. The summed E-state index contributed by atoms with van der Waals surface area (Å²) in [5, 5.41) is 0. The van der Waals surface area contributed by atoms with Gasteiger partial charge in [-0.2, -0.15) is 0 Å². The van der Waals surface area contributed by atoms with E-state index in [1.807, 2.05) is 0 Å². The van der Waals surface area contributed by atoms with Gasteiger partial charge in [0, 0.05) is 10.7 Å². The van der Waals surface area contributed by atoms with Crippen molar-refractivity contribution < 1.29 is 26.3 Å². The largest absolute Gasteiger partial charge is 0.486 e. The van der Waals surface area contributed by atoms with E-state index in [1.54, 1.807) is 32.0 Å². The van der Waals surface area contributed by atoms with Gasteiger partial charge in [0.05, 0.1) is 15.3 Å². The topological polar surface area (TPSA) is 98.8 Å². The second kappa shape index (κ2) is 7.33. The predicted molar refractivity (Wildman–Crippen MR) is 108 cm³/mol. The SMILES string of the molecule is CC(C)(NS(=O)(=O)c1cc(S(C)(=O)=O)ccc1Br)c1ccc2c(c1)OCCO2. The van der Waals surface area contributed by atoms with Crippen molar-refractivity contribution in [2.24, 2.45) is 0 Å². The smallest absolute Gasteiger partial charge is 0.242 e. The first kappa shape index (κ1) is 21.1. The van der Waals surface area contributed by atoms with Crippen LogP contribution in [-0.4, -0.2) is 36.3 Å². The number of rotatable bonds is 5. The monoisotopic (exact) mass is 489 g/mol. The van der Waals surface area contributed by atoms with E-state index in [9.17, 15) is 16.8 Å². The van der Waals surface area contributed by atoms with Gasteiger partial charge in [0.25, 0.3) is 0 Å².